The standard InChI is InChI=1S/C76H129NO8/c1-6-8-10-12-14-16-18-20-22-24-26-28-29-30-31-32-33-34-35-36-37-38-39-40-41-42-43-44-45-47-49-51-53-55-57-59-61-63-65-67-74(79)85-72(71-84-76(75(80)81)82-69-68-77(3,4)5)70-83-73(78)66-64-62-60-58-56-54-52-50-48-46-27-25-23-21-19-17-15-13-11-9-7-2/h8,10,14,16,20,22,25-28,30-31,33-34,36-37,39-40,42-43,72,76H,6-7,9,11-13,15,17-19,21,23-24,29,32,35,38,41,44-71H2,1-5H3/p+1/b10-8-,16-14-,22-20-,27-25-,28-26-,31-30-,34-33-,37-36-,40-39-,43-42-. The zero-order valence-corrected chi connectivity index (χ0v) is 55.5. The minimum atomic E-state index is -1.52. The van der Waals surface area contributed by atoms with Gasteiger partial charge < -0.3 is 28.5 Å². The Morgan fingerprint density at radius 1 is 0.365 bits per heavy atom. The lowest BCUT2D eigenvalue weighted by Gasteiger charge is -2.25. The number of aliphatic carboxylic acids is 1. The number of hydrogen-bond acceptors (Lipinski definition) is 7. The molecule has 0 saturated carbocycles. The van der Waals surface area contributed by atoms with Crippen LogP contribution in [0.15, 0.2) is 122 Å². The number of likely N-dealkylation sites (N-methyl/N-ethyl adjacent to an activating group) is 1. The second-order valence-corrected chi connectivity index (χ2v) is 24.1. The number of carboxylic acid groups (broad SMARTS) is 1. The minimum Gasteiger partial charge on any atom is -0.477 e. The van der Waals surface area contributed by atoms with Crippen molar-refractivity contribution in [3.8, 4) is 0 Å². The summed E-state index contributed by atoms with van der Waals surface area (Å²) in [5.74, 6) is -2.01. The highest BCUT2D eigenvalue weighted by Gasteiger charge is 2.25. The van der Waals surface area contributed by atoms with E-state index in [2.05, 4.69) is 135 Å². The normalized spacial score (nSPS) is 13.5. The Morgan fingerprint density at radius 3 is 1.01 bits per heavy atom. The number of allylic oxidation sites excluding steroid dienone is 20. The van der Waals surface area contributed by atoms with Crippen LogP contribution in [0.5, 0.6) is 0 Å². The molecular formula is C76H130NO8+. The first-order chi connectivity index (χ1) is 41.6. The van der Waals surface area contributed by atoms with Crippen molar-refractivity contribution in [1.82, 2.24) is 0 Å². The zero-order valence-electron chi connectivity index (χ0n) is 55.5. The van der Waals surface area contributed by atoms with Crippen molar-refractivity contribution in [2.24, 2.45) is 0 Å². The lowest BCUT2D eigenvalue weighted by Crippen LogP contribution is -2.40. The summed E-state index contributed by atoms with van der Waals surface area (Å²) in [6, 6.07) is 0. The molecule has 0 spiro atoms. The van der Waals surface area contributed by atoms with Crippen LogP contribution in [0.2, 0.25) is 0 Å². The number of carbonyl (C=O) groups excluding carboxylic acids is 2. The smallest absolute Gasteiger partial charge is 0.361 e. The largest absolute Gasteiger partial charge is 0.477 e. The molecule has 0 aliphatic rings. The maximum absolute atomic E-state index is 12.9. The summed E-state index contributed by atoms with van der Waals surface area (Å²) in [5, 5.41) is 9.74. The molecule has 1 N–H and O–H groups in total. The minimum absolute atomic E-state index is 0.183. The second kappa shape index (κ2) is 65.7. The van der Waals surface area contributed by atoms with E-state index in [0.29, 0.717) is 23.9 Å². The topological polar surface area (TPSA) is 108 Å². The molecule has 486 valence electrons. The molecule has 0 fully saturated rings. The molecule has 0 bridgehead atoms. The van der Waals surface area contributed by atoms with E-state index < -0.39 is 24.3 Å². The van der Waals surface area contributed by atoms with Gasteiger partial charge in [0.2, 0.25) is 0 Å². The third-order valence-electron chi connectivity index (χ3n) is 14.7. The summed E-state index contributed by atoms with van der Waals surface area (Å²) in [7, 11) is 5.97. The molecule has 0 rings (SSSR count). The first kappa shape index (κ1) is 80.7. The van der Waals surface area contributed by atoms with E-state index >= 15 is 0 Å². The molecule has 2 atom stereocenters. The Balaban J connectivity index is 4.14. The number of carbonyl (C=O) groups is 3. The van der Waals surface area contributed by atoms with Crippen LogP contribution < -0.4 is 0 Å². The van der Waals surface area contributed by atoms with Gasteiger partial charge in [-0.15, -0.1) is 0 Å². The maximum Gasteiger partial charge on any atom is 0.361 e. The predicted molar refractivity (Wildman–Crippen MR) is 364 cm³/mol. The van der Waals surface area contributed by atoms with Gasteiger partial charge in [-0.25, -0.2) is 4.79 Å². The van der Waals surface area contributed by atoms with E-state index in [-0.39, 0.29) is 32.2 Å². The van der Waals surface area contributed by atoms with E-state index in [1.807, 2.05) is 21.1 Å². The molecule has 0 radical (unpaired) electrons. The molecule has 0 heterocycles. The zero-order chi connectivity index (χ0) is 61.9. The van der Waals surface area contributed by atoms with Crippen LogP contribution in [0.1, 0.15) is 284 Å². The Hall–Kier alpha value is -4.31. The van der Waals surface area contributed by atoms with Gasteiger partial charge in [-0.1, -0.05) is 283 Å². The van der Waals surface area contributed by atoms with Crippen molar-refractivity contribution in [2.75, 3.05) is 47.5 Å². The maximum atomic E-state index is 12.9. The lowest BCUT2D eigenvalue weighted by atomic mass is 10.0. The van der Waals surface area contributed by atoms with E-state index in [1.54, 1.807) is 0 Å². The van der Waals surface area contributed by atoms with Crippen LogP contribution in [-0.2, 0) is 33.3 Å². The van der Waals surface area contributed by atoms with Gasteiger partial charge in [0, 0.05) is 12.8 Å². The number of nitrogens with zero attached hydrogens (tertiary/aromatic N) is 1. The summed E-state index contributed by atoms with van der Waals surface area (Å²) >= 11 is 0. The summed E-state index contributed by atoms with van der Waals surface area (Å²) in [6.07, 6.45) is 90.2. The van der Waals surface area contributed by atoms with Gasteiger partial charge in [0.1, 0.15) is 13.2 Å². The van der Waals surface area contributed by atoms with Gasteiger partial charge in [0.25, 0.3) is 6.29 Å². The molecular weight excluding hydrogens is 1050 g/mol. The Morgan fingerprint density at radius 2 is 0.671 bits per heavy atom. The number of hydrogen-bond donors (Lipinski definition) is 1. The van der Waals surface area contributed by atoms with Crippen molar-refractivity contribution < 1.29 is 42.9 Å². The molecule has 0 aromatic rings. The van der Waals surface area contributed by atoms with Crippen LogP contribution in [-0.4, -0.2) is 87.4 Å². The summed E-state index contributed by atoms with van der Waals surface area (Å²) in [4.78, 5) is 37.6. The molecule has 9 heteroatoms. The molecule has 0 aromatic heterocycles. The monoisotopic (exact) mass is 1180 g/mol. The van der Waals surface area contributed by atoms with E-state index in [4.69, 9.17) is 18.9 Å². The third kappa shape index (κ3) is 67.1. The first-order valence-corrected chi connectivity index (χ1v) is 34.7. The molecule has 0 aliphatic heterocycles. The number of carboxylic acids is 1. The summed E-state index contributed by atoms with van der Waals surface area (Å²) in [6.45, 7) is 4.77. The molecule has 85 heavy (non-hydrogen) atoms. The van der Waals surface area contributed by atoms with Gasteiger partial charge in [0.15, 0.2) is 6.10 Å². The molecule has 0 aromatic carbocycles. The quantitative estimate of drug-likeness (QED) is 0.0211. The van der Waals surface area contributed by atoms with Crippen LogP contribution in [0.25, 0.3) is 0 Å². The fraction of sp³-hybridized carbons (Fsp3) is 0.697. The van der Waals surface area contributed by atoms with Gasteiger partial charge >= 0.3 is 17.9 Å². The fourth-order valence-electron chi connectivity index (χ4n) is 9.41. The lowest BCUT2D eigenvalue weighted by molar-refractivity contribution is -0.870. The Kier molecular flexibility index (Phi) is 62.3. The average molecular weight is 1190 g/mol. The van der Waals surface area contributed by atoms with E-state index in [9.17, 15) is 19.5 Å². The SMILES string of the molecule is CC/C=C\C/C=C\C/C=C\C/C=C\C/C=C\C/C=C\C/C=C\C/C=C\C/C=C\CCCCCCCCCCCCCC(=O)OC(COC(=O)CCCCCCCCCCC/C=C\CCCCCCCCCC)COC(OCC[N+](C)(C)C)C(=O)O. The van der Waals surface area contributed by atoms with Crippen LogP contribution in [0, 0.1) is 0 Å². The van der Waals surface area contributed by atoms with Crippen LogP contribution in [0.3, 0.4) is 0 Å². The highest BCUT2D eigenvalue weighted by atomic mass is 16.7. The number of quaternary nitrogens is 1. The number of esters is 2. The van der Waals surface area contributed by atoms with Crippen molar-refractivity contribution in [3.63, 3.8) is 0 Å². The summed E-state index contributed by atoms with van der Waals surface area (Å²) in [5.41, 5.74) is 0. The van der Waals surface area contributed by atoms with Crippen LogP contribution >= 0.6 is 0 Å². The molecule has 2 unspecified atom stereocenters. The van der Waals surface area contributed by atoms with E-state index in [0.717, 1.165) is 103 Å². The number of ether oxygens (including phenoxy) is 4. The highest BCUT2D eigenvalue weighted by Crippen LogP contribution is 2.16. The average Bonchev–Trinajstić information content (AvgIpc) is 3.49. The highest BCUT2D eigenvalue weighted by molar-refractivity contribution is 5.71. The van der Waals surface area contributed by atoms with Crippen molar-refractivity contribution in [3.05, 3.63) is 122 Å². The van der Waals surface area contributed by atoms with Gasteiger partial charge in [-0.2, -0.15) is 0 Å². The van der Waals surface area contributed by atoms with Gasteiger partial charge in [0.05, 0.1) is 34.4 Å². The van der Waals surface area contributed by atoms with Crippen molar-refractivity contribution >= 4 is 17.9 Å². The molecule has 0 amide bonds. The summed E-state index contributed by atoms with van der Waals surface area (Å²) < 4.78 is 23.0. The number of rotatable bonds is 63. The van der Waals surface area contributed by atoms with Crippen molar-refractivity contribution in [1.29, 1.82) is 0 Å². The first-order valence-electron chi connectivity index (χ1n) is 34.7. The Labute approximate surface area is 523 Å². The Bertz CT molecular complexity index is 1810. The van der Waals surface area contributed by atoms with Crippen molar-refractivity contribution in [2.45, 2.75) is 296 Å². The van der Waals surface area contributed by atoms with Crippen LogP contribution in [0.4, 0.5) is 0 Å². The van der Waals surface area contributed by atoms with Gasteiger partial charge in [-0.05, 0) is 109 Å². The third-order valence-corrected chi connectivity index (χ3v) is 14.7. The second-order valence-electron chi connectivity index (χ2n) is 24.1. The number of unbranched alkanes of at least 4 members (excludes halogenated alkanes) is 28. The predicted octanol–water partition coefficient (Wildman–Crippen LogP) is 21.6. The van der Waals surface area contributed by atoms with Gasteiger partial charge in [-0.3, -0.25) is 9.59 Å². The van der Waals surface area contributed by atoms with E-state index in [1.165, 1.54) is 148 Å². The molecule has 0 saturated heterocycles. The fourth-order valence-corrected chi connectivity index (χ4v) is 9.41. The molecule has 9 nitrogen and oxygen atoms in total. The molecule has 0 aliphatic carbocycles.